The number of ether oxygens (including phenoxy) is 3. The Morgan fingerprint density at radius 1 is 1.19 bits per heavy atom. The van der Waals surface area contributed by atoms with E-state index in [9.17, 15) is 19.5 Å². The van der Waals surface area contributed by atoms with Crippen molar-refractivity contribution in [3.8, 4) is 0 Å². The van der Waals surface area contributed by atoms with E-state index in [-0.39, 0.29) is 35.1 Å². The Kier molecular flexibility index (Phi) is 3.72. The summed E-state index contributed by atoms with van der Waals surface area (Å²) < 4.78 is 17.7. The third-order valence-electron chi connectivity index (χ3n) is 10.3. The molecule has 31 heavy (non-hydrogen) atoms. The topological polar surface area (TPSA) is 102 Å². The minimum absolute atomic E-state index is 0.0134. The molecule has 6 aliphatic rings. The van der Waals surface area contributed by atoms with Crippen molar-refractivity contribution >= 4 is 17.7 Å². The molecule has 0 radical (unpaired) electrons. The zero-order valence-corrected chi connectivity index (χ0v) is 18.3. The SMILES string of the molecule is COC(=O)[C@H]1[C@H]2[C@@H]3CC[C@@]4(CCC(=O)O4)[C@@]3(C)C[C@@H]3O[C@@]23[C@@]2(C)CCC(=O)C=C2[C@@H]1O. The summed E-state index contributed by atoms with van der Waals surface area (Å²) >= 11 is 0. The van der Waals surface area contributed by atoms with Gasteiger partial charge in [0, 0.05) is 29.6 Å². The first-order chi connectivity index (χ1) is 14.6. The summed E-state index contributed by atoms with van der Waals surface area (Å²) in [4.78, 5) is 37.5. The van der Waals surface area contributed by atoms with E-state index in [1.807, 2.05) is 0 Å². The number of rotatable bonds is 1. The average molecular weight is 430 g/mol. The summed E-state index contributed by atoms with van der Waals surface area (Å²) in [5, 5.41) is 11.5. The summed E-state index contributed by atoms with van der Waals surface area (Å²) in [7, 11) is 1.35. The van der Waals surface area contributed by atoms with Gasteiger partial charge in [-0.05, 0) is 49.7 Å². The molecule has 1 N–H and O–H groups in total. The molecule has 168 valence electrons. The summed E-state index contributed by atoms with van der Waals surface area (Å²) in [5.74, 6) is -1.59. The molecule has 2 heterocycles. The number of hydrogen-bond donors (Lipinski definition) is 1. The lowest BCUT2D eigenvalue weighted by molar-refractivity contribution is -0.179. The number of methoxy groups -OCH3 is 1. The Labute approximate surface area is 181 Å². The first kappa shape index (κ1) is 19.9. The van der Waals surface area contributed by atoms with Crippen LogP contribution in [0.5, 0.6) is 0 Å². The first-order valence-electron chi connectivity index (χ1n) is 11.5. The molecular weight excluding hydrogens is 400 g/mol. The van der Waals surface area contributed by atoms with Crippen LogP contribution in [0.15, 0.2) is 11.6 Å². The summed E-state index contributed by atoms with van der Waals surface area (Å²) in [6, 6.07) is 0. The number of carbonyl (C=O) groups is 3. The zero-order chi connectivity index (χ0) is 22.0. The van der Waals surface area contributed by atoms with Crippen molar-refractivity contribution in [2.24, 2.45) is 28.6 Å². The Bertz CT molecular complexity index is 940. The van der Waals surface area contributed by atoms with E-state index in [0.717, 1.165) is 19.3 Å². The van der Waals surface area contributed by atoms with Gasteiger partial charge in [-0.25, -0.2) is 0 Å². The van der Waals surface area contributed by atoms with Crippen molar-refractivity contribution < 1.29 is 33.7 Å². The van der Waals surface area contributed by atoms with E-state index in [1.54, 1.807) is 6.08 Å². The van der Waals surface area contributed by atoms with Crippen LogP contribution in [0.1, 0.15) is 58.8 Å². The lowest BCUT2D eigenvalue weighted by Crippen LogP contribution is -2.66. The molecule has 5 fully saturated rings. The van der Waals surface area contributed by atoms with Crippen molar-refractivity contribution in [2.75, 3.05) is 7.11 Å². The second-order valence-electron chi connectivity index (χ2n) is 11.1. The maximum Gasteiger partial charge on any atom is 0.312 e. The van der Waals surface area contributed by atoms with Gasteiger partial charge in [-0.2, -0.15) is 0 Å². The van der Waals surface area contributed by atoms with E-state index >= 15 is 0 Å². The smallest absolute Gasteiger partial charge is 0.312 e. The molecule has 4 aliphatic carbocycles. The van der Waals surface area contributed by atoms with Crippen LogP contribution >= 0.6 is 0 Å². The van der Waals surface area contributed by atoms with E-state index in [2.05, 4.69) is 13.8 Å². The van der Waals surface area contributed by atoms with Crippen LogP contribution in [-0.4, -0.2) is 53.3 Å². The molecule has 0 aromatic rings. The largest absolute Gasteiger partial charge is 0.469 e. The second-order valence-corrected chi connectivity index (χ2v) is 11.1. The summed E-state index contributed by atoms with van der Waals surface area (Å²) in [6.07, 6.45) is 4.91. The van der Waals surface area contributed by atoms with E-state index in [1.165, 1.54) is 7.11 Å². The lowest BCUT2D eigenvalue weighted by atomic mass is 9.43. The van der Waals surface area contributed by atoms with Gasteiger partial charge in [-0.3, -0.25) is 14.4 Å². The standard InChI is InChI=1S/C24H30O7/c1-21-7-4-12(25)10-14(21)19(27)17(20(28)29-3)18-13-5-8-23(9-6-16(26)31-23)22(13,2)11-15-24(18,21)30-15/h10,13,15,17-19,27H,4-9,11H2,1-3H3/t13-,15-,17-,18+,19-,21-,22-,23+,24+/m0/s1. The number of carbonyl (C=O) groups excluding carboxylic acids is 3. The molecule has 2 spiro atoms. The Morgan fingerprint density at radius 3 is 2.65 bits per heavy atom. The Morgan fingerprint density at radius 2 is 1.97 bits per heavy atom. The maximum atomic E-state index is 13.1. The van der Waals surface area contributed by atoms with E-state index < -0.39 is 34.6 Å². The molecule has 0 amide bonds. The molecule has 6 rings (SSSR count). The van der Waals surface area contributed by atoms with Gasteiger partial charge in [0.05, 0.1) is 25.2 Å². The fourth-order valence-electron chi connectivity index (χ4n) is 8.74. The van der Waals surface area contributed by atoms with Crippen LogP contribution in [0, 0.1) is 28.6 Å². The predicted octanol–water partition coefficient (Wildman–Crippen LogP) is 2.10. The van der Waals surface area contributed by atoms with Gasteiger partial charge in [0.2, 0.25) is 0 Å². The van der Waals surface area contributed by atoms with Crippen molar-refractivity contribution in [2.45, 2.75) is 82.2 Å². The average Bonchev–Trinajstić information content (AvgIpc) is 3.23. The number of fused-ring (bicyclic) bond motifs is 4. The van der Waals surface area contributed by atoms with Crippen molar-refractivity contribution in [1.29, 1.82) is 0 Å². The van der Waals surface area contributed by atoms with Gasteiger partial charge in [0.1, 0.15) is 11.2 Å². The highest BCUT2D eigenvalue weighted by molar-refractivity contribution is 5.92. The molecular formula is C24H30O7. The molecule has 9 atom stereocenters. The van der Waals surface area contributed by atoms with Crippen LogP contribution < -0.4 is 0 Å². The fraction of sp³-hybridized carbons (Fsp3) is 0.792. The molecule has 0 unspecified atom stereocenters. The van der Waals surface area contributed by atoms with Gasteiger partial charge in [-0.15, -0.1) is 0 Å². The molecule has 0 aromatic carbocycles. The third kappa shape index (κ3) is 2.06. The monoisotopic (exact) mass is 430 g/mol. The Hall–Kier alpha value is -1.73. The molecule has 0 aromatic heterocycles. The van der Waals surface area contributed by atoms with Crippen LogP contribution in [0.25, 0.3) is 0 Å². The summed E-state index contributed by atoms with van der Waals surface area (Å²) in [5.41, 5.74) is -1.29. The quantitative estimate of drug-likeness (QED) is 0.502. The Balaban J connectivity index is 1.52. The minimum Gasteiger partial charge on any atom is -0.469 e. The number of aliphatic hydroxyl groups excluding tert-OH is 1. The fourth-order valence-corrected chi connectivity index (χ4v) is 8.74. The van der Waals surface area contributed by atoms with Crippen molar-refractivity contribution in [3.05, 3.63) is 11.6 Å². The molecule has 2 aliphatic heterocycles. The molecule has 2 saturated heterocycles. The van der Waals surface area contributed by atoms with Gasteiger partial charge >= 0.3 is 11.9 Å². The number of esters is 2. The van der Waals surface area contributed by atoms with E-state index in [4.69, 9.17) is 14.2 Å². The zero-order valence-electron chi connectivity index (χ0n) is 18.3. The molecule has 0 bridgehead atoms. The third-order valence-corrected chi connectivity index (χ3v) is 10.3. The van der Waals surface area contributed by atoms with Crippen molar-refractivity contribution in [1.82, 2.24) is 0 Å². The highest BCUT2D eigenvalue weighted by Crippen LogP contribution is 2.78. The number of ketones is 1. The van der Waals surface area contributed by atoms with Gasteiger partial charge in [0.25, 0.3) is 0 Å². The highest BCUT2D eigenvalue weighted by atomic mass is 16.6. The van der Waals surface area contributed by atoms with Crippen LogP contribution in [-0.2, 0) is 28.6 Å². The van der Waals surface area contributed by atoms with E-state index in [0.29, 0.717) is 31.3 Å². The van der Waals surface area contributed by atoms with Crippen LogP contribution in [0.4, 0.5) is 0 Å². The van der Waals surface area contributed by atoms with Gasteiger partial charge in [0.15, 0.2) is 5.78 Å². The highest BCUT2D eigenvalue weighted by Gasteiger charge is 2.84. The predicted molar refractivity (Wildman–Crippen MR) is 107 cm³/mol. The van der Waals surface area contributed by atoms with Gasteiger partial charge in [-0.1, -0.05) is 13.8 Å². The molecule has 7 nitrogen and oxygen atoms in total. The van der Waals surface area contributed by atoms with Crippen LogP contribution in [0.2, 0.25) is 0 Å². The second kappa shape index (κ2) is 5.79. The summed E-state index contributed by atoms with van der Waals surface area (Å²) in [6.45, 7) is 4.28. The molecule has 3 saturated carbocycles. The normalized spacial score (nSPS) is 54.3. The first-order valence-corrected chi connectivity index (χ1v) is 11.5. The number of epoxide rings is 1. The maximum absolute atomic E-state index is 13.1. The van der Waals surface area contributed by atoms with Crippen LogP contribution in [0.3, 0.4) is 0 Å². The van der Waals surface area contributed by atoms with Crippen molar-refractivity contribution in [3.63, 3.8) is 0 Å². The number of aliphatic hydroxyl groups is 1. The minimum atomic E-state index is -1.08. The lowest BCUT2D eigenvalue weighted by Gasteiger charge is -2.59. The van der Waals surface area contributed by atoms with Gasteiger partial charge < -0.3 is 19.3 Å². The number of hydrogen-bond acceptors (Lipinski definition) is 7. The molecule has 7 heteroatoms.